The normalized spacial score (nSPS) is 16.7. The summed E-state index contributed by atoms with van der Waals surface area (Å²) >= 11 is 0. The summed E-state index contributed by atoms with van der Waals surface area (Å²) in [5.74, 6) is 0.694. The molecule has 0 aromatic heterocycles. The second kappa shape index (κ2) is 7.61. The molecule has 1 aromatic carbocycles. The molecule has 0 saturated carbocycles. The van der Waals surface area contributed by atoms with E-state index in [1.54, 1.807) is 11.0 Å². The molecule has 7 heteroatoms. The van der Waals surface area contributed by atoms with Gasteiger partial charge in [-0.3, -0.25) is 4.79 Å². The minimum Gasteiger partial charge on any atom is -0.494 e. The largest absolute Gasteiger partial charge is 0.494 e. The summed E-state index contributed by atoms with van der Waals surface area (Å²) < 4.78 is 29.7. The fourth-order valence-corrected chi connectivity index (χ4v) is 3.18. The smallest absolute Gasteiger partial charge is 0.246 e. The van der Waals surface area contributed by atoms with Crippen molar-refractivity contribution < 1.29 is 17.9 Å². The SMILES string of the molecule is CCOc1ccc(/C=C/C(=O)N2CCN(S(C)(=O)=O)CC2)cc1. The minimum atomic E-state index is -3.17. The molecule has 1 amide bonds. The highest BCUT2D eigenvalue weighted by atomic mass is 32.2. The van der Waals surface area contributed by atoms with Gasteiger partial charge in [0, 0.05) is 32.3 Å². The van der Waals surface area contributed by atoms with Crippen LogP contribution in [0.2, 0.25) is 0 Å². The lowest BCUT2D eigenvalue weighted by molar-refractivity contribution is -0.127. The molecule has 0 bridgehead atoms. The Kier molecular flexibility index (Phi) is 5.79. The fourth-order valence-electron chi connectivity index (χ4n) is 2.35. The van der Waals surface area contributed by atoms with E-state index in [4.69, 9.17) is 4.74 Å². The van der Waals surface area contributed by atoms with E-state index in [0.29, 0.717) is 32.8 Å². The van der Waals surface area contributed by atoms with E-state index in [0.717, 1.165) is 11.3 Å². The number of ether oxygens (including phenoxy) is 1. The number of carbonyl (C=O) groups excluding carboxylic acids is 1. The van der Waals surface area contributed by atoms with Crippen LogP contribution in [0.5, 0.6) is 5.75 Å². The van der Waals surface area contributed by atoms with Crippen LogP contribution in [0.25, 0.3) is 6.08 Å². The lowest BCUT2D eigenvalue weighted by Gasteiger charge is -2.32. The third-order valence-electron chi connectivity index (χ3n) is 3.63. The van der Waals surface area contributed by atoms with Gasteiger partial charge >= 0.3 is 0 Å². The Bertz CT molecular complexity index is 660. The van der Waals surface area contributed by atoms with Crippen molar-refractivity contribution in [2.75, 3.05) is 39.0 Å². The summed E-state index contributed by atoms with van der Waals surface area (Å²) in [5, 5.41) is 0. The van der Waals surface area contributed by atoms with E-state index in [9.17, 15) is 13.2 Å². The zero-order valence-corrected chi connectivity index (χ0v) is 14.3. The van der Waals surface area contributed by atoms with Crippen LogP contribution in [0.15, 0.2) is 30.3 Å². The number of amides is 1. The second-order valence-corrected chi connectivity index (χ2v) is 7.31. The number of rotatable bonds is 5. The minimum absolute atomic E-state index is 0.105. The van der Waals surface area contributed by atoms with E-state index in [-0.39, 0.29) is 5.91 Å². The monoisotopic (exact) mass is 338 g/mol. The van der Waals surface area contributed by atoms with Gasteiger partial charge in [-0.1, -0.05) is 12.1 Å². The maximum Gasteiger partial charge on any atom is 0.246 e. The zero-order valence-electron chi connectivity index (χ0n) is 13.4. The van der Waals surface area contributed by atoms with Gasteiger partial charge in [-0.15, -0.1) is 0 Å². The first-order valence-electron chi connectivity index (χ1n) is 7.55. The van der Waals surface area contributed by atoms with Crippen molar-refractivity contribution >= 4 is 22.0 Å². The van der Waals surface area contributed by atoms with Crippen molar-refractivity contribution in [3.8, 4) is 5.75 Å². The van der Waals surface area contributed by atoms with Crippen LogP contribution in [-0.4, -0.2) is 62.6 Å². The molecule has 1 saturated heterocycles. The molecule has 2 rings (SSSR count). The average Bonchev–Trinajstić information content (AvgIpc) is 2.53. The molecule has 1 aliphatic rings. The molecular formula is C16H22N2O4S. The molecule has 1 heterocycles. The maximum absolute atomic E-state index is 12.1. The van der Waals surface area contributed by atoms with E-state index in [1.165, 1.54) is 16.6 Å². The first kappa shape index (κ1) is 17.5. The predicted molar refractivity (Wildman–Crippen MR) is 89.6 cm³/mol. The number of hydrogen-bond acceptors (Lipinski definition) is 4. The van der Waals surface area contributed by atoms with E-state index in [1.807, 2.05) is 31.2 Å². The van der Waals surface area contributed by atoms with Crippen LogP contribution in [0.4, 0.5) is 0 Å². The van der Waals surface area contributed by atoms with Crippen LogP contribution in [-0.2, 0) is 14.8 Å². The maximum atomic E-state index is 12.1. The molecular weight excluding hydrogens is 316 g/mol. The molecule has 1 aliphatic heterocycles. The molecule has 23 heavy (non-hydrogen) atoms. The van der Waals surface area contributed by atoms with Crippen molar-refractivity contribution in [2.45, 2.75) is 6.92 Å². The molecule has 0 radical (unpaired) electrons. The third-order valence-corrected chi connectivity index (χ3v) is 4.93. The summed E-state index contributed by atoms with van der Waals surface area (Å²) in [4.78, 5) is 13.8. The Morgan fingerprint density at radius 3 is 2.30 bits per heavy atom. The van der Waals surface area contributed by atoms with Gasteiger partial charge in [0.15, 0.2) is 0 Å². The summed E-state index contributed by atoms with van der Waals surface area (Å²) in [5.41, 5.74) is 0.913. The van der Waals surface area contributed by atoms with Crippen LogP contribution in [0, 0.1) is 0 Å². The summed E-state index contributed by atoms with van der Waals surface area (Å²) in [6.07, 6.45) is 4.46. The molecule has 126 valence electrons. The van der Waals surface area contributed by atoms with Crippen molar-refractivity contribution in [2.24, 2.45) is 0 Å². The lowest BCUT2D eigenvalue weighted by atomic mass is 10.2. The van der Waals surface area contributed by atoms with E-state index >= 15 is 0 Å². The Labute approximate surface area is 137 Å². The molecule has 0 unspecified atom stereocenters. The zero-order chi connectivity index (χ0) is 16.9. The number of nitrogens with zero attached hydrogens (tertiary/aromatic N) is 2. The number of carbonyl (C=O) groups is 1. The highest BCUT2D eigenvalue weighted by Crippen LogP contribution is 2.13. The van der Waals surface area contributed by atoms with Crippen molar-refractivity contribution in [3.63, 3.8) is 0 Å². The number of sulfonamides is 1. The molecule has 0 aliphatic carbocycles. The van der Waals surface area contributed by atoms with Gasteiger partial charge in [0.05, 0.1) is 12.9 Å². The average molecular weight is 338 g/mol. The summed E-state index contributed by atoms with van der Waals surface area (Å²) in [7, 11) is -3.17. The third kappa shape index (κ3) is 5.07. The van der Waals surface area contributed by atoms with Crippen molar-refractivity contribution in [3.05, 3.63) is 35.9 Å². The van der Waals surface area contributed by atoms with Gasteiger partial charge in [-0.25, -0.2) is 8.42 Å². The highest BCUT2D eigenvalue weighted by Gasteiger charge is 2.24. The first-order valence-corrected chi connectivity index (χ1v) is 9.40. The van der Waals surface area contributed by atoms with Crippen molar-refractivity contribution in [1.29, 1.82) is 0 Å². The van der Waals surface area contributed by atoms with Gasteiger partial charge < -0.3 is 9.64 Å². The number of benzene rings is 1. The number of piperazine rings is 1. The summed E-state index contributed by atoms with van der Waals surface area (Å²) in [6.45, 7) is 4.07. The van der Waals surface area contributed by atoms with Crippen LogP contribution < -0.4 is 4.74 Å². The second-order valence-electron chi connectivity index (χ2n) is 5.32. The van der Waals surface area contributed by atoms with Gasteiger partial charge in [0.1, 0.15) is 5.75 Å². The van der Waals surface area contributed by atoms with Gasteiger partial charge in [-0.05, 0) is 30.7 Å². The molecule has 0 N–H and O–H groups in total. The quantitative estimate of drug-likeness (QED) is 0.757. The lowest BCUT2D eigenvalue weighted by Crippen LogP contribution is -2.49. The molecule has 1 aromatic rings. The Morgan fingerprint density at radius 1 is 1.17 bits per heavy atom. The molecule has 0 spiro atoms. The molecule has 0 atom stereocenters. The van der Waals surface area contributed by atoms with Gasteiger partial charge in [0.2, 0.25) is 15.9 Å². The Hall–Kier alpha value is -1.86. The predicted octanol–water partition coefficient (Wildman–Crippen LogP) is 1.20. The van der Waals surface area contributed by atoms with E-state index < -0.39 is 10.0 Å². The Balaban J connectivity index is 1.89. The van der Waals surface area contributed by atoms with Crippen LogP contribution >= 0.6 is 0 Å². The first-order chi connectivity index (χ1) is 10.9. The Morgan fingerprint density at radius 2 is 1.78 bits per heavy atom. The van der Waals surface area contributed by atoms with Gasteiger partial charge in [-0.2, -0.15) is 4.31 Å². The molecule has 1 fully saturated rings. The van der Waals surface area contributed by atoms with Crippen LogP contribution in [0.3, 0.4) is 0 Å². The molecule has 6 nitrogen and oxygen atoms in total. The standard InChI is InChI=1S/C16H22N2O4S/c1-3-22-15-7-4-14(5-8-15)6-9-16(19)17-10-12-18(13-11-17)23(2,20)21/h4-9H,3,10-13H2,1-2H3/b9-6+. The highest BCUT2D eigenvalue weighted by molar-refractivity contribution is 7.88. The van der Waals surface area contributed by atoms with Crippen molar-refractivity contribution in [1.82, 2.24) is 9.21 Å². The van der Waals surface area contributed by atoms with Crippen LogP contribution in [0.1, 0.15) is 12.5 Å². The number of hydrogen-bond donors (Lipinski definition) is 0. The topological polar surface area (TPSA) is 66.9 Å². The van der Waals surface area contributed by atoms with Gasteiger partial charge in [0.25, 0.3) is 0 Å². The summed E-state index contributed by atoms with van der Waals surface area (Å²) in [6, 6.07) is 7.49. The fraction of sp³-hybridized carbons (Fsp3) is 0.438. The van der Waals surface area contributed by atoms with E-state index in [2.05, 4.69) is 0 Å².